The van der Waals surface area contributed by atoms with Crippen LogP contribution in [0.4, 0.5) is 0 Å². The van der Waals surface area contributed by atoms with E-state index in [0.717, 1.165) is 38.9 Å². The minimum atomic E-state index is -0.264. The lowest BCUT2D eigenvalue weighted by molar-refractivity contribution is -0.120. The quantitative estimate of drug-likeness (QED) is 0.716. The van der Waals surface area contributed by atoms with Crippen molar-refractivity contribution in [3.8, 4) is 0 Å². The van der Waals surface area contributed by atoms with Crippen LogP contribution in [0.25, 0.3) is 0 Å². The highest BCUT2D eigenvalue weighted by Gasteiger charge is 2.31. The molecule has 1 amide bonds. The number of carbonyl (C=O) groups is 1. The van der Waals surface area contributed by atoms with E-state index in [1.165, 1.54) is 0 Å². The summed E-state index contributed by atoms with van der Waals surface area (Å²) in [6.45, 7) is 9.09. The molecule has 0 aromatic heterocycles. The van der Waals surface area contributed by atoms with Gasteiger partial charge in [-0.25, -0.2) is 0 Å². The number of carbonyl (C=O) groups excluding carboxylic acids is 1. The number of piperidine rings is 1. The van der Waals surface area contributed by atoms with Gasteiger partial charge in [-0.15, -0.1) is 0 Å². The lowest BCUT2D eigenvalue weighted by Gasteiger charge is -2.39. The molecular weight excluding hydrogens is 242 g/mol. The first-order valence-corrected chi connectivity index (χ1v) is 7.19. The maximum absolute atomic E-state index is 11.4. The fourth-order valence-corrected chi connectivity index (χ4v) is 2.69. The summed E-state index contributed by atoms with van der Waals surface area (Å²) in [5.74, 6) is -0.264. The van der Waals surface area contributed by atoms with E-state index in [-0.39, 0.29) is 23.6 Å². The molecule has 1 aliphatic rings. The van der Waals surface area contributed by atoms with E-state index in [1.807, 2.05) is 13.8 Å². The molecule has 112 valence electrons. The maximum Gasteiger partial charge on any atom is 0.234 e. The zero-order valence-electron chi connectivity index (χ0n) is 12.7. The first-order chi connectivity index (χ1) is 8.86. The number of likely N-dealkylation sites (tertiary alicyclic amines) is 1. The van der Waals surface area contributed by atoms with Crippen LogP contribution in [-0.2, 0) is 9.53 Å². The van der Waals surface area contributed by atoms with Crippen molar-refractivity contribution in [3.63, 3.8) is 0 Å². The van der Waals surface area contributed by atoms with Crippen molar-refractivity contribution in [2.45, 2.75) is 57.7 Å². The smallest absolute Gasteiger partial charge is 0.234 e. The van der Waals surface area contributed by atoms with Crippen molar-refractivity contribution >= 4 is 5.91 Å². The highest BCUT2D eigenvalue weighted by atomic mass is 16.5. The van der Waals surface area contributed by atoms with Crippen molar-refractivity contribution in [2.24, 2.45) is 5.73 Å². The largest absolute Gasteiger partial charge is 0.377 e. The van der Waals surface area contributed by atoms with Crippen LogP contribution in [0.5, 0.6) is 0 Å². The number of nitrogens with one attached hydrogen (secondary N) is 1. The number of hydrogen-bond acceptors (Lipinski definition) is 4. The van der Waals surface area contributed by atoms with Crippen molar-refractivity contribution in [2.75, 3.05) is 26.7 Å². The summed E-state index contributed by atoms with van der Waals surface area (Å²) >= 11 is 0. The molecule has 5 nitrogen and oxygen atoms in total. The highest BCUT2D eigenvalue weighted by Crippen LogP contribution is 2.23. The fourth-order valence-electron chi connectivity index (χ4n) is 2.69. The molecule has 0 radical (unpaired) electrons. The van der Waals surface area contributed by atoms with Crippen LogP contribution in [0.2, 0.25) is 0 Å². The Balaban J connectivity index is 2.43. The number of amides is 1. The first-order valence-electron chi connectivity index (χ1n) is 7.19. The molecule has 1 fully saturated rings. The molecule has 2 atom stereocenters. The minimum Gasteiger partial charge on any atom is -0.377 e. The van der Waals surface area contributed by atoms with Gasteiger partial charge in [0.1, 0.15) is 0 Å². The zero-order chi connectivity index (χ0) is 14.5. The third kappa shape index (κ3) is 5.47. The van der Waals surface area contributed by atoms with E-state index in [2.05, 4.69) is 17.1 Å². The third-order valence-electron chi connectivity index (χ3n) is 3.84. The average Bonchev–Trinajstić information content (AvgIpc) is 2.34. The Hall–Kier alpha value is -0.650. The van der Waals surface area contributed by atoms with E-state index in [4.69, 9.17) is 10.5 Å². The van der Waals surface area contributed by atoms with Crippen LogP contribution in [-0.4, -0.2) is 55.2 Å². The number of nitrogens with zero attached hydrogens (tertiary/aromatic N) is 1. The summed E-state index contributed by atoms with van der Waals surface area (Å²) < 4.78 is 5.58. The normalized spacial score (nSPS) is 26.6. The van der Waals surface area contributed by atoms with Gasteiger partial charge in [-0.1, -0.05) is 13.8 Å². The van der Waals surface area contributed by atoms with Crippen LogP contribution in [0, 0.1) is 0 Å². The van der Waals surface area contributed by atoms with Crippen LogP contribution < -0.4 is 11.1 Å². The first kappa shape index (κ1) is 16.4. The van der Waals surface area contributed by atoms with Crippen LogP contribution >= 0.6 is 0 Å². The van der Waals surface area contributed by atoms with Gasteiger partial charge in [-0.05, 0) is 32.7 Å². The lowest BCUT2D eigenvalue weighted by Crippen LogP contribution is -2.50. The Morgan fingerprint density at radius 3 is 2.74 bits per heavy atom. The molecule has 0 bridgehead atoms. The monoisotopic (exact) mass is 271 g/mol. The Labute approximate surface area is 116 Å². The van der Waals surface area contributed by atoms with Crippen molar-refractivity contribution < 1.29 is 9.53 Å². The van der Waals surface area contributed by atoms with Gasteiger partial charge in [-0.2, -0.15) is 0 Å². The molecule has 1 heterocycles. The Morgan fingerprint density at radius 1 is 1.53 bits per heavy atom. The minimum absolute atomic E-state index is 0.0497. The second-order valence-electron chi connectivity index (χ2n) is 6.10. The molecule has 0 aromatic rings. The van der Waals surface area contributed by atoms with Gasteiger partial charge in [0.25, 0.3) is 0 Å². The van der Waals surface area contributed by atoms with E-state index in [1.54, 1.807) is 7.11 Å². The summed E-state index contributed by atoms with van der Waals surface area (Å²) in [5, 5.41) is 3.22. The van der Waals surface area contributed by atoms with Gasteiger partial charge in [0.2, 0.25) is 5.91 Å². The molecule has 3 N–H and O–H groups in total. The fraction of sp³-hybridized carbons (Fsp3) is 0.929. The second kappa shape index (κ2) is 7.22. The molecule has 1 rings (SSSR count). The van der Waals surface area contributed by atoms with Gasteiger partial charge in [-0.3, -0.25) is 4.79 Å². The summed E-state index contributed by atoms with van der Waals surface area (Å²) in [6.07, 6.45) is 3.00. The molecule has 0 aromatic carbocycles. The molecule has 0 aliphatic carbocycles. The number of ether oxygens (including phenoxy) is 1. The second-order valence-corrected chi connectivity index (χ2v) is 6.10. The number of rotatable bonds is 7. The van der Waals surface area contributed by atoms with Crippen LogP contribution in [0.1, 0.15) is 40.0 Å². The summed E-state index contributed by atoms with van der Waals surface area (Å²) in [4.78, 5) is 13.8. The highest BCUT2D eigenvalue weighted by molar-refractivity contribution is 5.79. The van der Waals surface area contributed by atoms with Crippen LogP contribution in [0.15, 0.2) is 0 Å². The number of hydrogen-bond donors (Lipinski definition) is 2. The summed E-state index contributed by atoms with van der Waals surface area (Å²) in [5.41, 5.74) is 5.39. The zero-order valence-corrected chi connectivity index (χ0v) is 12.7. The van der Waals surface area contributed by atoms with Gasteiger partial charge >= 0.3 is 0 Å². The van der Waals surface area contributed by atoms with E-state index in [9.17, 15) is 4.79 Å². The number of methoxy groups -OCH3 is 1. The number of nitrogens with two attached hydrogens (primary N) is 1. The van der Waals surface area contributed by atoms with Gasteiger partial charge in [0, 0.05) is 26.2 Å². The molecule has 2 unspecified atom stereocenters. The van der Waals surface area contributed by atoms with Crippen molar-refractivity contribution in [1.82, 2.24) is 10.2 Å². The molecule has 0 saturated carbocycles. The summed E-state index contributed by atoms with van der Waals surface area (Å²) in [7, 11) is 1.77. The molecule has 1 aliphatic heterocycles. The van der Waals surface area contributed by atoms with Gasteiger partial charge < -0.3 is 20.7 Å². The number of primary amides is 1. The SMILES string of the molecule is COC1(C)CCCN(CCC(NC(C)C)C(N)=O)C1. The predicted molar refractivity (Wildman–Crippen MR) is 77.0 cm³/mol. The van der Waals surface area contributed by atoms with Crippen LogP contribution in [0.3, 0.4) is 0 Å². The predicted octanol–water partition coefficient (Wildman–Crippen LogP) is 0.729. The van der Waals surface area contributed by atoms with E-state index >= 15 is 0 Å². The van der Waals surface area contributed by atoms with Gasteiger partial charge in [0.05, 0.1) is 11.6 Å². The van der Waals surface area contributed by atoms with E-state index in [0.29, 0.717) is 0 Å². The topological polar surface area (TPSA) is 67.6 Å². The molecule has 5 heteroatoms. The Bertz CT molecular complexity index is 296. The standard InChI is InChI=1S/C14H29N3O2/c1-11(2)16-12(13(15)18)6-9-17-8-5-7-14(3,10-17)19-4/h11-12,16H,5-10H2,1-4H3,(H2,15,18). The van der Waals surface area contributed by atoms with Crippen molar-refractivity contribution in [3.05, 3.63) is 0 Å². The molecule has 1 saturated heterocycles. The van der Waals surface area contributed by atoms with E-state index < -0.39 is 0 Å². The third-order valence-corrected chi connectivity index (χ3v) is 3.84. The van der Waals surface area contributed by atoms with Gasteiger partial charge in [0.15, 0.2) is 0 Å². The Kier molecular flexibility index (Phi) is 6.23. The molecule has 19 heavy (non-hydrogen) atoms. The molecular formula is C14H29N3O2. The average molecular weight is 271 g/mol. The maximum atomic E-state index is 11.4. The lowest BCUT2D eigenvalue weighted by atomic mass is 9.94. The van der Waals surface area contributed by atoms with Crippen molar-refractivity contribution in [1.29, 1.82) is 0 Å². The summed E-state index contributed by atoms with van der Waals surface area (Å²) in [6, 6.07) is 0.0267. The molecule has 0 spiro atoms. The Morgan fingerprint density at radius 2 is 2.21 bits per heavy atom.